The van der Waals surface area contributed by atoms with E-state index in [1.165, 1.54) is 12.1 Å². The smallest absolute Gasteiger partial charge is 0.248 e. The second-order valence-electron chi connectivity index (χ2n) is 6.16. The summed E-state index contributed by atoms with van der Waals surface area (Å²) < 4.78 is 14.8. The van der Waals surface area contributed by atoms with Crippen molar-refractivity contribution in [3.8, 4) is 11.4 Å². The maximum absolute atomic E-state index is 13.2. The zero-order chi connectivity index (χ0) is 19.1. The van der Waals surface area contributed by atoms with E-state index in [0.29, 0.717) is 39.2 Å². The van der Waals surface area contributed by atoms with Crippen LogP contribution in [0.25, 0.3) is 11.4 Å². The summed E-state index contributed by atoms with van der Waals surface area (Å²) in [5.41, 5.74) is 7.91. The first-order valence-electron chi connectivity index (χ1n) is 8.20. The van der Waals surface area contributed by atoms with Gasteiger partial charge in [-0.1, -0.05) is 29.8 Å². The zero-order valence-electron chi connectivity index (χ0n) is 14.3. The number of aromatic nitrogens is 3. The monoisotopic (exact) mass is 383 g/mol. The summed E-state index contributed by atoms with van der Waals surface area (Å²) >= 11 is 6.38. The van der Waals surface area contributed by atoms with E-state index in [2.05, 4.69) is 15.4 Å². The van der Waals surface area contributed by atoms with Crippen molar-refractivity contribution in [2.45, 2.75) is 13.0 Å². The Hall–Kier alpha value is -3.19. The van der Waals surface area contributed by atoms with Crippen LogP contribution in [0.4, 0.5) is 10.3 Å². The number of hydrogen-bond donors (Lipinski definition) is 2. The van der Waals surface area contributed by atoms with E-state index < -0.39 is 11.9 Å². The molecule has 2 heterocycles. The van der Waals surface area contributed by atoms with E-state index in [9.17, 15) is 9.18 Å². The highest BCUT2D eigenvalue weighted by Crippen LogP contribution is 2.38. The number of nitrogens with two attached hydrogens (primary N) is 1. The molecular weight excluding hydrogens is 369 g/mol. The third kappa shape index (κ3) is 2.96. The van der Waals surface area contributed by atoms with Crippen molar-refractivity contribution in [2.24, 2.45) is 5.73 Å². The molecule has 1 atom stereocenters. The van der Waals surface area contributed by atoms with Gasteiger partial charge in [0.1, 0.15) is 11.9 Å². The molecule has 0 saturated heterocycles. The van der Waals surface area contributed by atoms with Crippen LogP contribution < -0.4 is 11.1 Å². The molecule has 0 bridgehead atoms. The van der Waals surface area contributed by atoms with E-state index in [0.717, 1.165) is 0 Å². The predicted molar refractivity (Wildman–Crippen MR) is 101 cm³/mol. The van der Waals surface area contributed by atoms with Crippen LogP contribution in [0, 0.1) is 5.82 Å². The van der Waals surface area contributed by atoms with Gasteiger partial charge in [0.05, 0.1) is 5.57 Å². The van der Waals surface area contributed by atoms with Gasteiger partial charge in [-0.25, -0.2) is 9.07 Å². The maximum atomic E-state index is 13.2. The molecule has 1 amide bonds. The summed E-state index contributed by atoms with van der Waals surface area (Å²) in [7, 11) is 0. The molecule has 27 heavy (non-hydrogen) atoms. The minimum absolute atomic E-state index is 0.344. The lowest BCUT2D eigenvalue weighted by atomic mass is 9.95. The van der Waals surface area contributed by atoms with Gasteiger partial charge < -0.3 is 11.1 Å². The third-order valence-corrected chi connectivity index (χ3v) is 4.76. The van der Waals surface area contributed by atoms with E-state index in [4.69, 9.17) is 17.3 Å². The number of amides is 1. The van der Waals surface area contributed by atoms with Crippen LogP contribution in [-0.2, 0) is 4.79 Å². The minimum Gasteiger partial charge on any atom is -0.366 e. The zero-order valence-corrected chi connectivity index (χ0v) is 15.0. The second kappa shape index (κ2) is 6.51. The Morgan fingerprint density at radius 3 is 2.59 bits per heavy atom. The molecule has 8 heteroatoms. The predicted octanol–water partition coefficient (Wildman–Crippen LogP) is 3.51. The Morgan fingerprint density at radius 2 is 1.93 bits per heavy atom. The molecular formula is C19H15ClFN5O. The van der Waals surface area contributed by atoms with Crippen LogP contribution in [0.2, 0.25) is 5.02 Å². The van der Waals surface area contributed by atoms with Crippen molar-refractivity contribution in [3.63, 3.8) is 0 Å². The fourth-order valence-electron chi connectivity index (χ4n) is 3.18. The molecule has 1 unspecified atom stereocenters. The van der Waals surface area contributed by atoms with Crippen LogP contribution in [0.5, 0.6) is 0 Å². The Labute approximate surface area is 159 Å². The van der Waals surface area contributed by atoms with E-state index in [1.807, 2.05) is 12.1 Å². The topological polar surface area (TPSA) is 85.8 Å². The molecule has 1 aliphatic rings. The molecule has 0 aliphatic carbocycles. The number of hydrogen-bond acceptors (Lipinski definition) is 4. The van der Waals surface area contributed by atoms with Crippen LogP contribution in [0.3, 0.4) is 0 Å². The number of halogens is 2. The minimum atomic E-state index is -0.617. The number of rotatable bonds is 3. The first-order valence-corrected chi connectivity index (χ1v) is 8.58. The maximum Gasteiger partial charge on any atom is 0.248 e. The van der Waals surface area contributed by atoms with E-state index >= 15 is 0 Å². The highest BCUT2D eigenvalue weighted by atomic mass is 35.5. The molecule has 2 aromatic carbocycles. The average Bonchev–Trinajstić information content (AvgIpc) is 3.05. The van der Waals surface area contributed by atoms with Gasteiger partial charge in [0.2, 0.25) is 11.9 Å². The first-order chi connectivity index (χ1) is 13.0. The molecule has 0 fully saturated rings. The lowest BCUT2D eigenvalue weighted by molar-refractivity contribution is -0.115. The Bertz CT molecular complexity index is 1070. The highest BCUT2D eigenvalue weighted by Gasteiger charge is 2.34. The van der Waals surface area contributed by atoms with Crippen molar-refractivity contribution in [3.05, 3.63) is 76.2 Å². The van der Waals surface area contributed by atoms with Crippen LogP contribution in [-0.4, -0.2) is 20.7 Å². The fraction of sp³-hybridized carbons (Fsp3) is 0.105. The van der Waals surface area contributed by atoms with E-state index in [1.54, 1.807) is 35.9 Å². The van der Waals surface area contributed by atoms with Gasteiger partial charge >= 0.3 is 0 Å². The molecule has 1 aliphatic heterocycles. The van der Waals surface area contributed by atoms with Crippen LogP contribution >= 0.6 is 11.6 Å². The average molecular weight is 384 g/mol. The molecule has 6 nitrogen and oxygen atoms in total. The fourth-order valence-corrected chi connectivity index (χ4v) is 3.41. The number of anilines is 1. The standard InChI is InChI=1S/C19H15ClFN5O/c1-10-15(17(22)27)16(13-4-2-3-5-14(13)20)26-19(23-10)24-18(25-26)11-6-8-12(21)9-7-11/h2-9,16H,1H3,(H2,22,27)(H,23,24,25). The number of primary amides is 1. The van der Waals surface area contributed by atoms with Crippen molar-refractivity contribution in [1.29, 1.82) is 0 Å². The van der Waals surface area contributed by atoms with Crippen LogP contribution in [0.15, 0.2) is 59.8 Å². The number of carbonyl (C=O) groups excluding carboxylic acids is 1. The molecule has 0 spiro atoms. The second-order valence-corrected chi connectivity index (χ2v) is 6.57. The summed E-state index contributed by atoms with van der Waals surface area (Å²) in [5, 5.41) is 8.09. The number of fused-ring (bicyclic) bond motifs is 1. The molecule has 4 rings (SSSR count). The highest BCUT2D eigenvalue weighted by molar-refractivity contribution is 6.31. The van der Waals surface area contributed by atoms with Crippen molar-refractivity contribution in [1.82, 2.24) is 14.8 Å². The molecule has 136 valence electrons. The van der Waals surface area contributed by atoms with Crippen molar-refractivity contribution in [2.75, 3.05) is 5.32 Å². The lowest BCUT2D eigenvalue weighted by Crippen LogP contribution is -2.32. The van der Waals surface area contributed by atoms with Gasteiger partial charge in [-0.3, -0.25) is 4.79 Å². The summed E-state index contributed by atoms with van der Waals surface area (Å²) in [4.78, 5) is 16.7. The summed E-state index contributed by atoms with van der Waals surface area (Å²) in [6, 6.07) is 12.4. The van der Waals surface area contributed by atoms with Crippen molar-refractivity contribution >= 4 is 23.5 Å². The lowest BCUT2D eigenvalue weighted by Gasteiger charge is -2.28. The van der Waals surface area contributed by atoms with Gasteiger partial charge in [-0.2, -0.15) is 4.98 Å². The summed E-state index contributed by atoms with van der Waals surface area (Å²) in [6.07, 6.45) is 0. The first kappa shape index (κ1) is 17.2. The number of carbonyl (C=O) groups is 1. The molecule has 3 aromatic rings. The number of nitrogens with zero attached hydrogens (tertiary/aromatic N) is 3. The van der Waals surface area contributed by atoms with Gasteiger partial charge in [0.15, 0.2) is 5.82 Å². The Kier molecular flexibility index (Phi) is 4.16. The number of nitrogens with one attached hydrogen (secondary N) is 1. The molecule has 0 radical (unpaired) electrons. The van der Waals surface area contributed by atoms with Crippen LogP contribution in [0.1, 0.15) is 18.5 Å². The van der Waals surface area contributed by atoms with Crippen molar-refractivity contribution < 1.29 is 9.18 Å². The Morgan fingerprint density at radius 1 is 1.22 bits per heavy atom. The van der Waals surface area contributed by atoms with Gasteiger partial charge in [-0.15, -0.1) is 5.10 Å². The Balaban J connectivity index is 1.90. The molecule has 1 aromatic heterocycles. The quantitative estimate of drug-likeness (QED) is 0.724. The summed E-state index contributed by atoms with van der Waals surface area (Å²) in [6.45, 7) is 1.75. The summed E-state index contributed by atoms with van der Waals surface area (Å²) in [5.74, 6) is -0.0764. The number of allylic oxidation sites excluding steroid dienone is 1. The van der Waals surface area contributed by atoms with Gasteiger partial charge in [0.25, 0.3) is 0 Å². The molecule has 0 saturated carbocycles. The largest absolute Gasteiger partial charge is 0.366 e. The third-order valence-electron chi connectivity index (χ3n) is 4.42. The molecule has 3 N–H and O–H groups in total. The normalized spacial score (nSPS) is 16.0. The van der Waals surface area contributed by atoms with E-state index in [-0.39, 0.29) is 5.82 Å². The SMILES string of the molecule is CC1=C(C(N)=O)C(c2ccccc2Cl)n2nc(-c3ccc(F)cc3)nc2N1. The van der Waals surface area contributed by atoms with Gasteiger partial charge in [0, 0.05) is 21.8 Å². The number of benzene rings is 2. The van der Waals surface area contributed by atoms with Gasteiger partial charge in [-0.05, 0) is 37.3 Å².